The van der Waals surface area contributed by atoms with E-state index in [9.17, 15) is 9.59 Å². The Kier molecular flexibility index (Phi) is 4.98. The number of carbonyl (C=O) groups is 1. The zero-order valence-electron chi connectivity index (χ0n) is 13.7. The van der Waals surface area contributed by atoms with E-state index < -0.39 is 5.76 Å². The molecule has 0 saturated carbocycles. The van der Waals surface area contributed by atoms with E-state index in [2.05, 4.69) is 36.9 Å². The Balaban J connectivity index is 1.65. The van der Waals surface area contributed by atoms with Gasteiger partial charge in [-0.2, -0.15) is 0 Å². The van der Waals surface area contributed by atoms with E-state index in [4.69, 9.17) is 0 Å². The molecule has 3 rings (SSSR count). The summed E-state index contributed by atoms with van der Waals surface area (Å²) in [4.78, 5) is 33.6. The van der Waals surface area contributed by atoms with Crippen molar-refractivity contribution in [1.82, 2.24) is 20.1 Å². The molecule has 0 aliphatic carbocycles. The molecule has 0 unspecified atom stereocenters. The molecule has 0 radical (unpaired) electrons. The zero-order chi connectivity index (χ0) is 17.6. The van der Waals surface area contributed by atoms with Gasteiger partial charge in [0.1, 0.15) is 11.4 Å². The molecule has 3 aromatic rings. The lowest BCUT2D eigenvalue weighted by molar-refractivity contribution is 0.102. The predicted octanol–water partition coefficient (Wildman–Crippen LogP) is 2.41. The van der Waals surface area contributed by atoms with Crippen LogP contribution in [0.25, 0.3) is 11.5 Å². The van der Waals surface area contributed by atoms with Gasteiger partial charge in [-0.3, -0.25) is 14.3 Å². The fourth-order valence-corrected chi connectivity index (χ4v) is 2.24. The Morgan fingerprint density at radius 2 is 2.00 bits per heavy atom. The number of carbonyl (C=O) groups excluding carboxylic acids is 1. The summed E-state index contributed by atoms with van der Waals surface area (Å²) in [5.74, 6) is -0.887. The molecule has 2 aromatic heterocycles. The first-order chi connectivity index (χ1) is 12.2. The molecule has 0 aliphatic heterocycles. The number of H-pyrrole nitrogens is 1. The first kappa shape index (κ1) is 16.6. The van der Waals surface area contributed by atoms with Gasteiger partial charge in [-0.1, -0.05) is 30.6 Å². The molecule has 0 fully saturated rings. The van der Waals surface area contributed by atoms with Gasteiger partial charge in [0.15, 0.2) is 0 Å². The minimum Gasteiger partial charge on any atom is -0.321 e. The van der Waals surface area contributed by atoms with Crippen molar-refractivity contribution in [2.75, 3.05) is 5.32 Å². The predicted molar refractivity (Wildman–Crippen MR) is 91.2 cm³/mol. The van der Waals surface area contributed by atoms with E-state index in [0.29, 0.717) is 11.4 Å². The van der Waals surface area contributed by atoms with E-state index >= 15 is 0 Å². The third-order valence-corrected chi connectivity index (χ3v) is 3.60. The van der Waals surface area contributed by atoms with Gasteiger partial charge < -0.3 is 5.32 Å². The lowest BCUT2D eigenvalue weighted by Crippen LogP contribution is -2.14. The number of benzene rings is 1. The highest BCUT2D eigenvalue weighted by Gasteiger charge is 2.11. The van der Waals surface area contributed by atoms with Gasteiger partial charge in [-0.25, -0.2) is 14.8 Å². The molecule has 1 amide bonds. The summed E-state index contributed by atoms with van der Waals surface area (Å²) in [6.07, 6.45) is 5.98. The van der Waals surface area contributed by atoms with Crippen molar-refractivity contribution in [3.8, 4) is 11.5 Å². The van der Waals surface area contributed by atoms with E-state index in [1.807, 2.05) is 24.3 Å². The summed E-state index contributed by atoms with van der Waals surface area (Å²) in [7, 11) is 0. The van der Waals surface area contributed by atoms with E-state index in [1.54, 1.807) is 0 Å². The summed E-state index contributed by atoms with van der Waals surface area (Å²) in [6, 6.07) is 7.73. The standard InChI is InChI=1S/C17H17N5O3/c1-2-3-4-11-5-7-12(8-6-11)20-16(23)14-10-18-13(9-19-14)15-21-17(24)25-22-15/h5-10H,2-4H2,1H3,(H,20,23)(H,21,22,24). The lowest BCUT2D eigenvalue weighted by Gasteiger charge is -2.06. The summed E-state index contributed by atoms with van der Waals surface area (Å²) >= 11 is 0. The number of hydrogen-bond donors (Lipinski definition) is 2. The molecule has 8 nitrogen and oxygen atoms in total. The third kappa shape index (κ3) is 4.17. The first-order valence-electron chi connectivity index (χ1n) is 7.94. The number of nitrogens with one attached hydrogen (secondary N) is 2. The number of nitrogens with zero attached hydrogens (tertiary/aromatic N) is 3. The van der Waals surface area contributed by atoms with Crippen LogP contribution in [0.3, 0.4) is 0 Å². The number of aromatic nitrogens is 4. The first-order valence-corrected chi connectivity index (χ1v) is 7.94. The minimum absolute atomic E-state index is 0.157. The van der Waals surface area contributed by atoms with Crippen LogP contribution in [-0.2, 0) is 6.42 Å². The van der Waals surface area contributed by atoms with Gasteiger partial charge in [0.05, 0.1) is 12.4 Å². The van der Waals surface area contributed by atoms with Crippen molar-refractivity contribution >= 4 is 11.6 Å². The average molecular weight is 339 g/mol. The third-order valence-electron chi connectivity index (χ3n) is 3.60. The fraction of sp³-hybridized carbons (Fsp3) is 0.235. The number of rotatable bonds is 6. The van der Waals surface area contributed by atoms with Crippen LogP contribution in [0, 0.1) is 0 Å². The van der Waals surface area contributed by atoms with Gasteiger partial charge >= 0.3 is 5.76 Å². The molecular formula is C17H17N5O3. The number of amides is 1. The number of unbranched alkanes of at least 4 members (excludes halogenated alkanes) is 1. The molecule has 2 heterocycles. The molecule has 2 N–H and O–H groups in total. The van der Waals surface area contributed by atoms with Crippen LogP contribution in [0.15, 0.2) is 46.0 Å². The van der Waals surface area contributed by atoms with Crippen LogP contribution < -0.4 is 11.1 Å². The second kappa shape index (κ2) is 7.52. The van der Waals surface area contributed by atoms with Crippen LogP contribution >= 0.6 is 0 Å². The average Bonchev–Trinajstić information content (AvgIpc) is 3.07. The Morgan fingerprint density at radius 1 is 1.20 bits per heavy atom. The Bertz CT molecular complexity index is 897. The molecule has 0 bridgehead atoms. The van der Waals surface area contributed by atoms with Crippen LogP contribution in [0.5, 0.6) is 0 Å². The summed E-state index contributed by atoms with van der Waals surface area (Å²) in [5.41, 5.74) is 2.40. The van der Waals surface area contributed by atoms with E-state index in [1.165, 1.54) is 18.0 Å². The Labute approximate surface area is 143 Å². The van der Waals surface area contributed by atoms with Gasteiger partial charge in [0.2, 0.25) is 5.82 Å². The molecule has 0 spiro atoms. The number of anilines is 1. The van der Waals surface area contributed by atoms with Crippen molar-refractivity contribution in [1.29, 1.82) is 0 Å². The molecule has 128 valence electrons. The van der Waals surface area contributed by atoms with Gasteiger partial charge in [-0.15, -0.1) is 0 Å². The van der Waals surface area contributed by atoms with Crippen LogP contribution in [-0.4, -0.2) is 26.0 Å². The molecular weight excluding hydrogens is 322 g/mol. The summed E-state index contributed by atoms with van der Waals surface area (Å²) < 4.78 is 4.40. The van der Waals surface area contributed by atoms with Crippen molar-refractivity contribution in [3.05, 3.63) is 58.5 Å². The second-order valence-electron chi connectivity index (χ2n) is 5.49. The van der Waals surface area contributed by atoms with Crippen molar-refractivity contribution in [2.24, 2.45) is 0 Å². The van der Waals surface area contributed by atoms with Crippen molar-refractivity contribution in [3.63, 3.8) is 0 Å². The summed E-state index contributed by atoms with van der Waals surface area (Å²) in [5, 5.41) is 6.28. The quantitative estimate of drug-likeness (QED) is 0.713. The van der Waals surface area contributed by atoms with Gasteiger partial charge in [0, 0.05) is 5.69 Å². The topological polar surface area (TPSA) is 114 Å². The van der Waals surface area contributed by atoms with Crippen LogP contribution in [0.4, 0.5) is 5.69 Å². The van der Waals surface area contributed by atoms with Crippen molar-refractivity contribution in [2.45, 2.75) is 26.2 Å². The molecule has 0 aliphatic rings. The van der Waals surface area contributed by atoms with E-state index in [-0.39, 0.29) is 17.4 Å². The normalized spacial score (nSPS) is 10.6. The number of aromatic amines is 1. The van der Waals surface area contributed by atoms with Crippen molar-refractivity contribution < 1.29 is 9.32 Å². The Hall–Kier alpha value is -3.29. The zero-order valence-corrected chi connectivity index (χ0v) is 13.7. The molecule has 25 heavy (non-hydrogen) atoms. The highest BCUT2D eigenvalue weighted by molar-refractivity contribution is 6.02. The lowest BCUT2D eigenvalue weighted by atomic mass is 10.1. The maximum atomic E-state index is 12.2. The molecule has 0 saturated heterocycles. The largest absolute Gasteiger partial charge is 0.439 e. The number of hydrogen-bond acceptors (Lipinski definition) is 6. The highest BCUT2D eigenvalue weighted by atomic mass is 16.5. The smallest absolute Gasteiger partial charge is 0.321 e. The monoisotopic (exact) mass is 339 g/mol. The minimum atomic E-state index is -0.680. The SMILES string of the molecule is CCCCc1ccc(NC(=O)c2cnc(-c3noc(=O)[nH]3)cn2)cc1. The van der Waals surface area contributed by atoms with Gasteiger partial charge in [0.25, 0.3) is 5.91 Å². The summed E-state index contributed by atoms with van der Waals surface area (Å²) in [6.45, 7) is 2.15. The maximum absolute atomic E-state index is 12.2. The van der Waals surface area contributed by atoms with Crippen LogP contribution in [0.2, 0.25) is 0 Å². The molecule has 0 atom stereocenters. The van der Waals surface area contributed by atoms with Crippen LogP contribution in [0.1, 0.15) is 35.8 Å². The highest BCUT2D eigenvalue weighted by Crippen LogP contribution is 2.13. The second-order valence-corrected chi connectivity index (χ2v) is 5.49. The molecule has 8 heteroatoms. The van der Waals surface area contributed by atoms with E-state index in [0.717, 1.165) is 19.3 Å². The molecule has 1 aromatic carbocycles. The Morgan fingerprint density at radius 3 is 2.60 bits per heavy atom. The van der Waals surface area contributed by atoms with Gasteiger partial charge in [-0.05, 0) is 30.5 Å². The number of aryl methyl sites for hydroxylation is 1. The maximum Gasteiger partial charge on any atom is 0.439 e. The fourth-order valence-electron chi connectivity index (χ4n) is 2.24.